The molecule has 0 aliphatic carbocycles. The molecule has 0 saturated carbocycles. The minimum Gasteiger partial charge on any atom is -0.340 e. The highest BCUT2D eigenvalue weighted by atomic mass is 35.5. The number of sulfone groups is 1. The number of hydrogen-bond donors (Lipinski definition) is 1. The fraction of sp³-hybridized carbons (Fsp3) is 0.273. The largest absolute Gasteiger partial charge is 0.340 e. The average molecular weight is 443 g/mol. The molecule has 1 aromatic heterocycles. The van der Waals surface area contributed by atoms with Crippen LogP contribution in [0.3, 0.4) is 0 Å². The van der Waals surface area contributed by atoms with Gasteiger partial charge >= 0.3 is 0 Å². The van der Waals surface area contributed by atoms with Crippen molar-refractivity contribution in [1.29, 1.82) is 0 Å². The van der Waals surface area contributed by atoms with Crippen LogP contribution in [-0.4, -0.2) is 30.7 Å². The first kappa shape index (κ1) is 20.6. The smallest absolute Gasteiger partial charge is 0.178 e. The zero-order valence-corrected chi connectivity index (χ0v) is 18.6. The van der Waals surface area contributed by atoms with Crippen molar-refractivity contribution in [3.05, 3.63) is 65.4 Å². The summed E-state index contributed by atoms with van der Waals surface area (Å²) in [6.07, 6.45) is 1.51. The molecule has 156 valence electrons. The number of benzene rings is 2. The van der Waals surface area contributed by atoms with E-state index in [0.29, 0.717) is 28.1 Å². The SMILES string of the molecule is CCS(=O)(=O)c1ccc2c(c1)N(c1cc(Nc3ccc(Cl)cc3)ncn1)CC2(C)C. The van der Waals surface area contributed by atoms with Crippen LogP contribution in [0.25, 0.3) is 0 Å². The quantitative estimate of drug-likeness (QED) is 0.592. The molecule has 2 heterocycles. The number of fused-ring (bicyclic) bond motifs is 1. The van der Waals surface area contributed by atoms with Crippen molar-refractivity contribution < 1.29 is 8.42 Å². The summed E-state index contributed by atoms with van der Waals surface area (Å²) >= 11 is 5.95. The van der Waals surface area contributed by atoms with E-state index in [2.05, 4.69) is 34.0 Å². The van der Waals surface area contributed by atoms with Crippen LogP contribution in [0, 0.1) is 0 Å². The maximum absolute atomic E-state index is 12.4. The van der Waals surface area contributed by atoms with Crippen molar-refractivity contribution in [2.75, 3.05) is 22.5 Å². The Labute approximate surface area is 181 Å². The van der Waals surface area contributed by atoms with Crippen molar-refractivity contribution in [1.82, 2.24) is 9.97 Å². The second kappa shape index (κ2) is 7.56. The van der Waals surface area contributed by atoms with Crippen LogP contribution in [0.15, 0.2) is 59.8 Å². The van der Waals surface area contributed by atoms with E-state index in [0.717, 1.165) is 16.9 Å². The van der Waals surface area contributed by atoms with Crippen molar-refractivity contribution in [3.63, 3.8) is 0 Å². The molecule has 1 aliphatic heterocycles. The topological polar surface area (TPSA) is 75.2 Å². The standard InChI is InChI=1S/C22H23ClN4O2S/c1-4-30(28,29)17-9-10-18-19(11-17)27(13-22(18,2)3)21-12-20(24-14-25-21)26-16-7-5-15(23)6-8-16/h5-12,14H,4,13H2,1-3H3,(H,24,25,26). The van der Waals surface area contributed by atoms with E-state index in [4.69, 9.17) is 11.6 Å². The molecule has 2 aromatic carbocycles. The maximum Gasteiger partial charge on any atom is 0.178 e. The summed E-state index contributed by atoms with van der Waals surface area (Å²) in [6, 6.07) is 14.6. The van der Waals surface area contributed by atoms with Crippen molar-refractivity contribution in [3.8, 4) is 0 Å². The highest BCUT2D eigenvalue weighted by molar-refractivity contribution is 7.91. The third-order valence-electron chi connectivity index (χ3n) is 5.33. The minimum absolute atomic E-state index is 0.0673. The molecule has 8 heteroatoms. The summed E-state index contributed by atoms with van der Waals surface area (Å²) in [6.45, 7) is 6.64. The molecule has 0 radical (unpaired) electrons. The zero-order valence-electron chi connectivity index (χ0n) is 17.1. The maximum atomic E-state index is 12.4. The highest BCUT2D eigenvalue weighted by Gasteiger charge is 2.37. The molecular formula is C22H23ClN4O2S. The van der Waals surface area contributed by atoms with Gasteiger partial charge < -0.3 is 10.2 Å². The Kier molecular flexibility index (Phi) is 5.20. The van der Waals surface area contributed by atoms with Crippen LogP contribution in [0.1, 0.15) is 26.3 Å². The second-order valence-electron chi connectivity index (χ2n) is 7.95. The predicted molar refractivity (Wildman–Crippen MR) is 121 cm³/mol. The van der Waals surface area contributed by atoms with Gasteiger partial charge in [0, 0.05) is 34.4 Å². The van der Waals surface area contributed by atoms with Gasteiger partial charge in [-0.05, 0) is 42.0 Å². The summed E-state index contributed by atoms with van der Waals surface area (Å²) in [5.41, 5.74) is 2.69. The van der Waals surface area contributed by atoms with Crippen LogP contribution in [0.4, 0.5) is 23.0 Å². The lowest BCUT2D eigenvalue weighted by molar-refractivity contribution is 0.567. The normalized spacial score (nSPS) is 15.1. The van der Waals surface area contributed by atoms with Gasteiger partial charge in [0.2, 0.25) is 0 Å². The van der Waals surface area contributed by atoms with E-state index < -0.39 is 9.84 Å². The van der Waals surface area contributed by atoms with Gasteiger partial charge in [0.05, 0.1) is 10.6 Å². The molecule has 1 aliphatic rings. The molecule has 0 amide bonds. The van der Waals surface area contributed by atoms with Gasteiger partial charge in [0.1, 0.15) is 18.0 Å². The Morgan fingerprint density at radius 1 is 1.10 bits per heavy atom. The third kappa shape index (κ3) is 3.87. The van der Waals surface area contributed by atoms with Crippen LogP contribution in [0.2, 0.25) is 5.02 Å². The fourth-order valence-electron chi connectivity index (χ4n) is 3.68. The number of aromatic nitrogens is 2. The zero-order chi connectivity index (χ0) is 21.5. The van der Waals surface area contributed by atoms with Crippen molar-refractivity contribution in [2.24, 2.45) is 0 Å². The van der Waals surface area contributed by atoms with E-state index in [-0.39, 0.29) is 11.2 Å². The summed E-state index contributed by atoms with van der Waals surface area (Å²) in [7, 11) is -3.30. The summed E-state index contributed by atoms with van der Waals surface area (Å²) in [4.78, 5) is 11.2. The van der Waals surface area contributed by atoms with Crippen molar-refractivity contribution >= 4 is 44.4 Å². The molecule has 4 rings (SSSR count). The number of nitrogens with one attached hydrogen (secondary N) is 1. The Bertz CT molecular complexity index is 1190. The highest BCUT2D eigenvalue weighted by Crippen LogP contribution is 2.44. The molecule has 0 unspecified atom stereocenters. The Morgan fingerprint density at radius 2 is 1.83 bits per heavy atom. The van der Waals surface area contributed by atoms with E-state index in [1.165, 1.54) is 6.33 Å². The minimum atomic E-state index is -3.30. The predicted octanol–water partition coefficient (Wildman–Crippen LogP) is 5.10. The van der Waals surface area contributed by atoms with Gasteiger partial charge in [-0.2, -0.15) is 0 Å². The molecule has 0 saturated heterocycles. The first-order chi connectivity index (χ1) is 14.2. The second-order valence-corrected chi connectivity index (χ2v) is 10.7. The van der Waals surface area contributed by atoms with Crippen LogP contribution in [0.5, 0.6) is 0 Å². The van der Waals surface area contributed by atoms with E-state index >= 15 is 0 Å². The van der Waals surface area contributed by atoms with E-state index in [1.807, 2.05) is 24.3 Å². The van der Waals surface area contributed by atoms with Gasteiger partial charge in [-0.1, -0.05) is 38.4 Å². The van der Waals surface area contributed by atoms with Gasteiger partial charge in [0.25, 0.3) is 0 Å². The summed E-state index contributed by atoms with van der Waals surface area (Å²) in [5.74, 6) is 1.42. The number of hydrogen-bond acceptors (Lipinski definition) is 6. The molecular weight excluding hydrogens is 420 g/mol. The lowest BCUT2D eigenvalue weighted by Gasteiger charge is -2.22. The molecule has 6 nitrogen and oxygen atoms in total. The first-order valence-corrected chi connectivity index (χ1v) is 11.7. The Hall–Kier alpha value is -2.64. The summed E-state index contributed by atoms with van der Waals surface area (Å²) < 4.78 is 24.8. The molecule has 30 heavy (non-hydrogen) atoms. The molecule has 0 spiro atoms. The number of nitrogens with zero attached hydrogens (tertiary/aromatic N) is 3. The first-order valence-electron chi connectivity index (χ1n) is 9.69. The Balaban J connectivity index is 1.72. The number of anilines is 4. The number of halogens is 1. The molecule has 0 bridgehead atoms. The summed E-state index contributed by atoms with van der Waals surface area (Å²) in [5, 5.41) is 3.92. The van der Waals surface area contributed by atoms with E-state index in [1.54, 1.807) is 31.2 Å². The van der Waals surface area contributed by atoms with E-state index in [9.17, 15) is 8.42 Å². The van der Waals surface area contributed by atoms with Gasteiger partial charge in [-0.3, -0.25) is 0 Å². The molecule has 0 fully saturated rings. The fourth-order valence-corrected chi connectivity index (χ4v) is 4.71. The van der Waals surface area contributed by atoms with Crippen LogP contribution >= 0.6 is 11.6 Å². The monoisotopic (exact) mass is 442 g/mol. The van der Waals surface area contributed by atoms with Gasteiger partial charge in [0.15, 0.2) is 9.84 Å². The third-order valence-corrected chi connectivity index (χ3v) is 7.31. The van der Waals surface area contributed by atoms with Crippen molar-refractivity contribution in [2.45, 2.75) is 31.1 Å². The van der Waals surface area contributed by atoms with Gasteiger partial charge in [-0.15, -0.1) is 0 Å². The molecule has 1 N–H and O–H groups in total. The molecule has 0 atom stereocenters. The molecule has 3 aromatic rings. The lowest BCUT2D eigenvalue weighted by Crippen LogP contribution is -2.25. The Morgan fingerprint density at radius 3 is 2.53 bits per heavy atom. The number of rotatable bonds is 5. The van der Waals surface area contributed by atoms with Crippen LogP contribution in [-0.2, 0) is 15.3 Å². The van der Waals surface area contributed by atoms with Gasteiger partial charge in [-0.25, -0.2) is 18.4 Å². The van der Waals surface area contributed by atoms with Crippen LogP contribution < -0.4 is 10.2 Å². The average Bonchev–Trinajstić information content (AvgIpc) is 3.00. The lowest BCUT2D eigenvalue weighted by atomic mass is 9.87.